The molecule has 1 aliphatic carbocycles. The highest BCUT2D eigenvalue weighted by Gasteiger charge is 2.28. The van der Waals surface area contributed by atoms with Gasteiger partial charge in [-0.3, -0.25) is 4.79 Å². The molecule has 1 saturated carbocycles. The summed E-state index contributed by atoms with van der Waals surface area (Å²) in [5.41, 5.74) is 0.350. The fraction of sp³-hybridized carbons (Fsp3) is 0.667. The summed E-state index contributed by atoms with van der Waals surface area (Å²) in [6.07, 6.45) is 3.70. The van der Waals surface area contributed by atoms with Crippen molar-refractivity contribution in [2.45, 2.75) is 44.6 Å². The maximum atomic E-state index is 11.8. The van der Waals surface area contributed by atoms with E-state index in [1.54, 1.807) is 6.07 Å². The average molecular weight is 238 g/mol. The van der Waals surface area contributed by atoms with E-state index in [0.29, 0.717) is 18.0 Å². The van der Waals surface area contributed by atoms with Crippen molar-refractivity contribution in [2.24, 2.45) is 0 Å². The van der Waals surface area contributed by atoms with Crippen LogP contribution in [0.5, 0.6) is 0 Å². The molecule has 0 radical (unpaired) electrons. The number of aliphatic hydroxyl groups excluding tert-OH is 1. The second-order valence-corrected chi connectivity index (χ2v) is 4.63. The summed E-state index contributed by atoms with van der Waals surface area (Å²) in [5.74, 6) is 1.08. The molecule has 0 bridgehead atoms. The van der Waals surface area contributed by atoms with Gasteiger partial charge in [0.25, 0.3) is 5.91 Å². The van der Waals surface area contributed by atoms with Crippen LogP contribution >= 0.6 is 0 Å². The Balaban J connectivity index is 1.85. The fourth-order valence-corrected chi connectivity index (χ4v) is 1.72. The number of nitrogens with one attached hydrogen (secondary N) is 1. The lowest BCUT2D eigenvalue weighted by molar-refractivity contribution is 0.0927. The highest BCUT2D eigenvalue weighted by atomic mass is 16.5. The molecule has 1 atom stereocenters. The SMILES string of the molecule is CC(CCCO)NC(=O)c1cc(C2CC2)on1. The molecule has 0 aromatic carbocycles. The minimum absolute atomic E-state index is 0.0377. The Labute approximate surface area is 100 Å². The van der Waals surface area contributed by atoms with Gasteiger partial charge in [-0.15, -0.1) is 0 Å². The van der Waals surface area contributed by atoms with Gasteiger partial charge in [0.05, 0.1) is 0 Å². The Morgan fingerprint density at radius 3 is 3.12 bits per heavy atom. The first kappa shape index (κ1) is 12.1. The van der Waals surface area contributed by atoms with Gasteiger partial charge in [-0.25, -0.2) is 0 Å². The number of aromatic nitrogens is 1. The zero-order valence-corrected chi connectivity index (χ0v) is 9.98. The minimum atomic E-state index is -0.203. The van der Waals surface area contributed by atoms with Crippen LogP contribution in [0.4, 0.5) is 0 Å². The molecule has 1 unspecified atom stereocenters. The molecule has 5 heteroatoms. The van der Waals surface area contributed by atoms with E-state index in [1.165, 1.54) is 0 Å². The highest BCUT2D eigenvalue weighted by molar-refractivity contribution is 5.92. The topological polar surface area (TPSA) is 75.4 Å². The van der Waals surface area contributed by atoms with Crippen LogP contribution < -0.4 is 5.32 Å². The first-order valence-electron chi connectivity index (χ1n) is 6.09. The number of rotatable bonds is 6. The van der Waals surface area contributed by atoms with Gasteiger partial charge in [-0.2, -0.15) is 0 Å². The fourth-order valence-electron chi connectivity index (χ4n) is 1.72. The predicted molar refractivity (Wildman–Crippen MR) is 61.7 cm³/mol. The molecule has 1 aromatic rings. The Bertz CT molecular complexity index is 385. The van der Waals surface area contributed by atoms with Crippen molar-refractivity contribution < 1.29 is 14.4 Å². The molecule has 17 heavy (non-hydrogen) atoms. The Morgan fingerprint density at radius 1 is 1.71 bits per heavy atom. The summed E-state index contributed by atoms with van der Waals surface area (Å²) < 4.78 is 5.12. The zero-order valence-electron chi connectivity index (χ0n) is 9.98. The summed E-state index contributed by atoms with van der Waals surface area (Å²) in [4.78, 5) is 11.8. The molecular formula is C12H18N2O3. The smallest absolute Gasteiger partial charge is 0.273 e. The van der Waals surface area contributed by atoms with Crippen LogP contribution in [0, 0.1) is 0 Å². The van der Waals surface area contributed by atoms with E-state index in [4.69, 9.17) is 9.63 Å². The molecule has 0 spiro atoms. The van der Waals surface area contributed by atoms with Gasteiger partial charge in [0.15, 0.2) is 5.69 Å². The van der Waals surface area contributed by atoms with Gasteiger partial charge in [0, 0.05) is 24.6 Å². The number of hydrogen-bond acceptors (Lipinski definition) is 4. The van der Waals surface area contributed by atoms with Crippen molar-refractivity contribution in [1.29, 1.82) is 0 Å². The number of aliphatic hydroxyl groups is 1. The van der Waals surface area contributed by atoms with E-state index in [9.17, 15) is 4.79 Å². The van der Waals surface area contributed by atoms with Crippen molar-refractivity contribution in [3.05, 3.63) is 17.5 Å². The second kappa shape index (κ2) is 5.31. The summed E-state index contributed by atoms with van der Waals surface area (Å²) in [7, 11) is 0. The third-order valence-corrected chi connectivity index (χ3v) is 2.91. The number of carbonyl (C=O) groups excluding carboxylic acids is 1. The van der Waals surface area contributed by atoms with Crippen molar-refractivity contribution >= 4 is 5.91 Å². The third-order valence-electron chi connectivity index (χ3n) is 2.91. The standard InChI is InChI=1S/C12H18N2O3/c1-8(3-2-6-15)13-12(16)10-7-11(17-14-10)9-4-5-9/h7-9,15H,2-6H2,1H3,(H,13,16). The van der Waals surface area contributed by atoms with Gasteiger partial charge in [-0.1, -0.05) is 5.16 Å². The number of nitrogens with zero attached hydrogens (tertiary/aromatic N) is 1. The summed E-state index contributed by atoms with van der Waals surface area (Å²) in [6.45, 7) is 2.06. The van der Waals surface area contributed by atoms with Crippen LogP contribution in [0.15, 0.2) is 10.6 Å². The van der Waals surface area contributed by atoms with E-state index in [1.807, 2.05) is 6.92 Å². The van der Waals surface area contributed by atoms with Crippen LogP contribution in [0.3, 0.4) is 0 Å². The minimum Gasteiger partial charge on any atom is -0.396 e. The van der Waals surface area contributed by atoms with Gasteiger partial charge >= 0.3 is 0 Å². The summed E-state index contributed by atoms with van der Waals surface area (Å²) in [6, 6.07) is 1.77. The van der Waals surface area contributed by atoms with E-state index < -0.39 is 0 Å². The Kier molecular flexibility index (Phi) is 3.78. The lowest BCUT2D eigenvalue weighted by atomic mass is 10.2. The zero-order chi connectivity index (χ0) is 12.3. The monoisotopic (exact) mass is 238 g/mol. The number of amides is 1. The molecule has 0 aliphatic heterocycles. The van der Waals surface area contributed by atoms with Crippen LogP contribution in [0.25, 0.3) is 0 Å². The van der Waals surface area contributed by atoms with Gasteiger partial charge < -0.3 is 14.9 Å². The second-order valence-electron chi connectivity index (χ2n) is 4.63. The van der Waals surface area contributed by atoms with Crippen molar-refractivity contribution in [1.82, 2.24) is 10.5 Å². The Hall–Kier alpha value is -1.36. The van der Waals surface area contributed by atoms with Gasteiger partial charge in [0.2, 0.25) is 0 Å². The molecule has 94 valence electrons. The molecule has 1 aliphatic rings. The summed E-state index contributed by atoms with van der Waals surface area (Å²) >= 11 is 0. The van der Waals surface area contributed by atoms with Crippen molar-refractivity contribution in [3.8, 4) is 0 Å². The molecule has 1 amide bonds. The first-order valence-corrected chi connectivity index (χ1v) is 6.09. The predicted octanol–water partition coefficient (Wildman–Crippen LogP) is 1.44. The average Bonchev–Trinajstić information content (AvgIpc) is 3.04. The highest BCUT2D eigenvalue weighted by Crippen LogP contribution is 2.40. The first-order chi connectivity index (χ1) is 8.20. The lowest BCUT2D eigenvalue weighted by Gasteiger charge is -2.11. The molecule has 1 aromatic heterocycles. The third kappa shape index (κ3) is 3.30. The molecule has 5 nitrogen and oxygen atoms in total. The van der Waals surface area contributed by atoms with Crippen molar-refractivity contribution in [2.75, 3.05) is 6.61 Å². The van der Waals surface area contributed by atoms with Gasteiger partial charge in [0.1, 0.15) is 5.76 Å². The Morgan fingerprint density at radius 2 is 2.47 bits per heavy atom. The normalized spacial score (nSPS) is 16.8. The summed E-state index contributed by atoms with van der Waals surface area (Å²) in [5, 5.41) is 15.3. The van der Waals surface area contributed by atoms with E-state index in [0.717, 1.165) is 25.0 Å². The van der Waals surface area contributed by atoms with Crippen molar-refractivity contribution in [3.63, 3.8) is 0 Å². The van der Waals surface area contributed by atoms with Gasteiger partial charge in [-0.05, 0) is 32.6 Å². The quantitative estimate of drug-likeness (QED) is 0.786. The maximum absolute atomic E-state index is 11.8. The number of carbonyl (C=O) groups is 1. The van der Waals surface area contributed by atoms with Crippen LogP contribution in [0.2, 0.25) is 0 Å². The molecule has 1 heterocycles. The molecular weight excluding hydrogens is 220 g/mol. The van der Waals surface area contributed by atoms with E-state index in [2.05, 4.69) is 10.5 Å². The van der Waals surface area contributed by atoms with E-state index >= 15 is 0 Å². The van der Waals surface area contributed by atoms with E-state index in [-0.39, 0.29) is 18.6 Å². The molecule has 0 saturated heterocycles. The van der Waals surface area contributed by atoms with Crippen LogP contribution in [0.1, 0.15) is 54.8 Å². The largest absolute Gasteiger partial charge is 0.396 e. The van der Waals surface area contributed by atoms with Crippen LogP contribution in [-0.4, -0.2) is 28.8 Å². The maximum Gasteiger partial charge on any atom is 0.273 e. The lowest BCUT2D eigenvalue weighted by Crippen LogP contribution is -2.32. The molecule has 2 rings (SSSR count). The molecule has 1 fully saturated rings. The molecule has 2 N–H and O–H groups in total. The van der Waals surface area contributed by atoms with Crippen LogP contribution in [-0.2, 0) is 0 Å². The number of hydrogen-bond donors (Lipinski definition) is 2.